The van der Waals surface area contributed by atoms with E-state index in [-0.39, 0.29) is 5.75 Å². The van der Waals surface area contributed by atoms with Crippen LogP contribution in [0.3, 0.4) is 0 Å². The summed E-state index contributed by atoms with van der Waals surface area (Å²) in [5.74, 6) is 0.190. The number of thiazole rings is 1. The molecule has 0 fully saturated rings. The zero-order valence-corrected chi connectivity index (χ0v) is 11.4. The number of aromatic nitrogens is 1. The summed E-state index contributed by atoms with van der Waals surface area (Å²) in [5.41, 5.74) is 1.51. The van der Waals surface area contributed by atoms with E-state index in [1.54, 1.807) is 24.3 Å². The van der Waals surface area contributed by atoms with Gasteiger partial charge in [-0.25, -0.2) is 4.98 Å². The average Bonchev–Trinajstić information content (AvgIpc) is 2.78. The van der Waals surface area contributed by atoms with Gasteiger partial charge in [-0.3, -0.25) is 0 Å². The van der Waals surface area contributed by atoms with Gasteiger partial charge in [0.15, 0.2) is 0 Å². The topological polar surface area (TPSA) is 33.1 Å². The lowest BCUT2D eigenvalue weighted by atomic mass is 10.2. The van der Waals surface area contributed by atoms with Crippen molar-refractivity contribution >= 4 is 44.8 Å². The Morgan fingerprint density at radius 1 is 1.06 bits per heavy atom. The maximum Gasteiger partial charge on any atom is 0.142 e. The van der Waals surface area contributed by atoms with Crippen molar-refractivity contribution in [2.75, 3.05) is 0 Å². The first kappa shape index (κ1) is 11.8. The molecule has 18 heavy (non-hydrogen) atoms. The summed E-state index contributed by atoms with van der Waals surface area (Å²) in [6, 6.07) is 10.7. The first-order chi connectivity index (χ1) is 8.65. The number of hydrogen-bond donors (Lipinski definition) is 1. The Morgan fingerprint density at radius 3 is 2.61 bits per heavy atom. The number of phenolic OH excluding ortho intramolecular Hbond substituents is 1. The summed E-state index contributed by atoms with van der Waals surface area (Å²) in [6.45, 7) is 0. The average molecular weight is 296 g/mol. The van der Waals surface area contributed by atoms with Gasteiger partial charge in [-0.1, -0.05) is 35.3 Å². The molecule has 2 nitrogen and oxygen atoms in total. The molecule has 0 saturated carbocycles. The van der Waals surface area contributed by atoms with Crippen molar-refractivity contribution in [3.8, 4) is 16.3 Å². The highest BCUT2D eigenvalue weighted by Gasteiger charge is 2.10. The normalized spacial score (nSPS) is 11.0. The van der Waals surface area contributed by atoms with Crippen LogP contribution in [0, 0.1) is 0 Å². The van der Waals surface area contributed by atoms with Crippen LogP contribution in [-0.4, -0.2) is 10.1 Å². The lowest BCUT2D eigenvalue weighted by Gasteiger charge is -1.98. The second-order valence-corrected chi connectivity index (χ2v) is 5.62. The molecule has 0 radical (unpaired) electrons. The molecular weight excluding hydrogens is 289 g/mol. The number of nitrogens with zero attached hydrogens (tertiary/aromatic N) is 1. The molecule has 1 aromatic heterocycles. The van der Waals surface area contributed by atoms with Gasteiger partial charge in [-0.05, 0) is 24.3 Å². The molecule has 0 unspecified atom stereocenters. The first-order valence-corrected chi connectivity index (χ1v) is 6.76. The lowest BCUT2D eigenvalue weighted by Crippen LogP contribution is -1.77. The van der Waals surface area contributed by atoms with Gasteiger partial charge in [0.1, 0.15) is 16.3 Å². The minimum Gasteiger partial charge on any atom is -0.506 e. The standard InChI is InChI=1S/C13H7Cl2NOS/c14-8-5-4-7(6-9(8)15)13-16-12-10(17)2-1-3-11(12)18-13/h1-6,17H. The van der Waals surface area contributed by atoms with Crippen LogP contribution in [-0.2, 0) is 0 Å². The van der Waals surface area contributed by atoms with Crippen LogP contribution >= 0.6 is 34.5 Å². The van der Waals surface area contributed by atoms with Gasteiger partial charge in [0.2, 0.25) is 0 Å². The minimum absolute atomic E-state index is 0.190. The van der Waals surface area contributed by atoms with Gasteiger partial charge in [-0.15, -0.1) is 11.3 Å². The van der Waals surface area contributed by atoms with Crippen molar-refractivity contribution in [2.24, 2.45) is 0 Å². The van der Waals surface area contributed by atoms with E-state index in [4.69, 9.17) is 23.2 Å². The first-order valence-electron chi connectivity index (χ1n) is 5.19. The van der Waals surface area contributed by atoms with Gasteiger partial charge in [0.25, 0.3) is 0 Å². The van der Waals surface area contributed by atoms with E-state index < -0.39 is 0 Å². The van der Waals surface area contributed by atoms with Crippen LogP contribution in [0.4, 0.5) is 0 Å². The summed E-state index contributed by atoms with van der Waals surface area (Å²) < 4.78 is 0.941. The quantitative estimate of drug-likeness (QED) is 0.687. The highest BCUT2D eigenvalue weighted by atomic mass is 35.5. The lowest BCUT2D eigenvalue weighted by molar-refractivity contribution is 0.480. The van der Waals surface area contributed by atoms with Gasteiger partial charge in [-0.2, -0.15) is 0 Å². The van der Waals surface area contributed by atoms with Crippen molar-refractivity contribution in [3.63, 3.8) is 0 Å². The summed E-state index contributed by atoms with van der Waals surface area (Å²) in [6.07, 6.45) is 0. The van der Waals surface area contributed by atoms with E-state index in [0.717, 1.165) is 15.3 Å². The van der Waals surface area contributed by atoms with Crippen LogP contribution in [0.2, 0.25) is 10.0 Å². The highest BCUT2D eigenvalue weighted by Crippen LogP contribution is 2.36. The van der Waals surface area contributed by atoms with Crippen molar-refractivity contribution in [2.45, 2.75) is 0 Å². The Morgan fingerprint density at radius 2 is 1.89 bits per heavy atom. The summed E-state index contributed by atoms with van der Waals surface area (Å²) in [7, 11) is 0. The molecule has 0 aliphatic carbocycles. The van der Waals surface area contributed by atoms with Gasteiger partial charge < -0.3 is 5.11 Å². The van der Waals surface area contributed by atoms with Crippen LogP contribution < -0.4 is 0 Å². The van der Waals surface area contributed by atoms with Crippen LogP contribution in [0.25, 0.3) is 20.8 Å². The Kier molecular flexibility index (Phi) is 2.90. The molecule has 3 rings (SSSR count). The summed E-state index contributed by atoms with van der Waals surface area (Å²) >= 11 is 13.4. The predicted octanol–water partition coefficient (Wildman–Crippen LogP) is 4.98. The number of phenols is 1. The summed E-state index contributed by atoms with van der Waals surface area (Å²) in [4.78, 5) is 4.42. The van der Waals surface area contributed by atoms with Crippen molar-refractivity contribution in [1.29, 1.82) is 0 Å². The molecule has 0 saturated heterocycles. The highest BCUT2D eigenvalue weighted by molar-refractivity contribution is 7.21. The van der Waals surface area contributed by atoms with E-state index in [0.29, 0.717) is 15.6 Å². The largest absolute Gasteiger partial charge is 0.506 e. The Bertz CT molecular complexity index is 739. The number of benzene rings is 2. The molecule has 5 heteroatoms. The van der Waals surface area contributed by atoms with E-state index in [9.17, 15) is 5.11 Å². The van der Waals surface area contributed by atoms with Gasteiger partial charge in [0.05, 0.1) is 14.7 Å². The fraction of sp³-hybridized carbons (Fsp3) is 0. The third-order valence-corrected chi connectivity index (χ3v) is 4.37. The molecule has 0 amide bonds. The maximum absolute atomic E-state index is 9.73. The monoisotopic (exact) mass is 295 g/mol. The number of para-hydroxylation sites is 1. The molecule has 0 bridgehead atoms. The number of rotatable bonds is 1. The summed E-state index contributed by atoms with van der Waals surface area (Å²) in [5, 5.41) is 11.6. The van der Waals surface area contributed by atoms with E-state index in [2.05, 4.69) is 4.98 Å². The molecule has 0 spiro atoms. The molecular formula is C13H7Cl2NOS. The zero-order chi connectivity index (χ0) is 12.7. The number of hydrogen-bond acceptors (Lipinski definition) is 3. The number of fused-ring (bicyclic) bond motifs is 1. The molecule has 0 aliphatic heterocycles. The van der Waals surface area contributed by atoms with Crippen molar-refractivity contribution in [1.82, 2.24) is 4.98 Å². The Labute approximate surface area is 117 Å². The SMILES string of the molecule is Oc1cccc2sc(-c3ccc(Cl)c(Cl)c3)nc12. The molecule has 1 heterocycles. The molecule has 0 aliphatic rings. The maximum atomic E-state index is 9.73. The third-order valence-electron chi connectivity index (χ3n) is 2.56. The molecule has 1 N–H and O–H groups in total. The fourth-order valence-corrected chi connectivity index (χ4v) is 2.97. The van der Waals surface area contributed by atoms with E-state index in [1.165, 1.54) is 11.3 Å². The Balaban J connectivity index is 2.19. The number of aromatic hydroxyl groups is 1. The van der Waals surface area contributed by atoms with Gasteiger partial charge >= 0.3 is 0 Å². The predicted molar refractivity (Wildman–Crippen MR) is 76.7 cm³/mol. The van der Waals surface area contributed by atoms with Crippen LogP contribution in [0.1, 0.15) is 0 Å². The Hall–Kier alpha value is -1.29. The molecule has 2 aromatic carbocycles. The van der Waals surface area contributed by atoms with Gasteiger partial charge in [0, 0.05) is 5.56 Å². The molecule has 0 atom stereocenters. The van der Waals surface area contributed by atoms with E-state index >= 15 is 0 Å². The van der Waals surface area contributed by atoms with E-state index in [1.807, 2.05) is 12.1 Å². The second kappa shape index (κ2) is 4.43. The number of halogens is 2. The smallest absolute Gasteiger partial charge is 0.142 e. The molecule has 3 aromatic rings. The third kappa shape index (κ3) is 1.94. The zero-order valence-electron chi connectivity index (χ0n) is 9.02. The van der Waals surface area contributed by atoms with Crippen molar-refractivity contribution in [3.05, 3.63) is 46.4 Å². The molecule has 90 valence electrons. The van der Waals surface area contributed by atoms with Crippen LogP contribution in [0.5, 0.6) is 5.75 Å². The minimum atomic E-state index is 0.190. The second-order valence-electron chi connectivity index (χ2n) is 3.77. The van der Waals surface area contributed by atoms with Crippen molar-refractivity contribution < 1.29 is 5.11 Å². The fourth-order valence-electron chi connectivity index (χ4n) is 1.69. The van der Waals surface area contributed by atoms with Crippen LogP contribution in [0.15, 0.2) is 36.4 Å².